The second kappa shape index (κ2) is 12.5. The number of fused-ring (bicyclic) bond motifs is 1. The summed E-state index contributed by atoms with van der Waals surface area (Å²) in [6, 6.07) is 10.5. The Labute approximate surface area is 240 Å². The molecule has 11 nitrogen and oxygen atoms in total. The van der Waals surface area contributed by atoms with E-state index in [0.29, 0.717) is 56.0 Å². The van der Waals surface area contributed by atoms with Crippen molar-refractivity contribution in [2.45, 2.75) is 51.0 Å². The monoisotopic (exact) mass is 579 g/mol. The van der Waals surface area contributed by atoms with Gasteiger partial charge < -0.3 is 14.6 Å². The molecule has 1 fully saturated rings. The van der Waals surface area contributed by atoms with E-state index < -0.39 is 15.6 Å². The summed E-state index contributed by atoms with van der Waals surface area (Å²) in [5.74, 6) is 0.706. The van der Waals surface area contributed by atoms with Crippen LogP contribution in [-0.2, 0) is 23.0 Å². The maximum atomic E-state index is 13.7. The minimum atomic E-state index is -3.77. The van der Waals surface area contributed by atoms with Crippen molar-refractivity contribution in [2.24, 2.45) is 0 Å². The number of pyridine rings is 1. The molecule has 0 bridgehead atoms. The summed E-state index contributed by atoms with van der Waals surface area (Å²) in [4.78, 5) is 27.8. The van der Waals surface area contributed by atoms with Crippen molar-refractivity contribution >= 4 is 21.1 Å². The van der Waals surface area contributed by atoms with Gasteiger partial charge in [-0.3, -0.25) is 14.5 Å². The summed E-state index contributed by atoms with van der Waals surface area (Å²) in [6.07, 6.45) is 4.75. The number of ether oxygens (including phenoxy) is 1. The molecule has 1 aliphatic rings. The third kappa shape index (κ3) is 6.19. The van der Waals surface area contributed by atoms with Gasteiger partial charge in [-0.25, -0.2) is 13.4 Å². The van der Waals surface area contributed by atoms with Crippen molar-refractivity contribution in [3.63, 3.8) is 0 Å². The number of aryl methyl sites for hydroxylation is 1. The number of likely N-dealkylation sites (N-methyl/N-ethyl adjacent to an activating group) is 1. The number of benzene rings is 1. The molecule has 4 aromatic rings. The zero-order valence-corrected chi connectivity index (χ0v) is 24.7. The molecule has 3 aromatic heterocycles. The van der Waals surface area contributed by atoms with E-state index in [9.17, 15) is 13.2 Å². The lowest BCUT2D eigenvalue weighted by Crippen LogP contribution is -2.34. The van der Waals surface area contributed by atoms with Gasteiger partial charge in [-0.1, -0.05) is 26.3 Å². The van der Waals surface area contributed by atoms with Crippen molar-refractivity contribution in [1.29, 1.82) is 0 Å². The second-order valence-corrected chi connectivity index (χ2v) is 12.3. The lowest BCUT2D eigenvalue weighted by atomic mass is 10.1. The summed E-state index contributed by atoms with van der Waals surface area (Å²) in [5.41, 5.74) is 2.40. The van der Waals surface area contributed by atoms with Crippen molar-refractivity contribution < 1.29 is 13.2 Å². The molecule has 1 aliphatic heterocycles. The molecule has 1 N–H and O–H groups in total. The molecule has 0 atom stereocenters. The van der Waals surface area contributed by atoms with Crippen molar-refractivity contribution in [2.75, 3.05) is 39.8 Å². The Morgan fingerprint density at radius 1 is 1.02 bits per heavy atom. The highest BCUT2D eigenvalue weighted by molar-refractivity contribution is 7.89. The van der Waals surface area contributed by atoms with E-state index >= 15 is 0 Å². The van der Waals surface area contributed by atoms with E-state index in [-0.39, 0.29) is 16.2 Å². The number of nitrogens with zero attached hydrogens (tertiary/aromatic N) is 6. The lowest BCUT2D eigenvalue weighted by molar-refractivity contribution is 0.318. The van der Waals surface area contributed by atoms with Crippen LogP contribution in [0.4, 0.5) is 0 Å². The van der Waals surface area contributed by atoms with E-state index in [0.717, 1.165) is 37.2 Å². The Hall–Kier alpha value is -3.61. The second-order valence-electron chi connectivity index (χ2n) is 10.4. The molecule has 0 spiro atoms. The number of aromatic nitrogens is 5. The van der Waals surface area contributed by atoms with Crippen LogP contribution < -0.4 is 10.3 Å². The van der Waals surface area contributed by atoms with Gasteiger partial charge in [-0.05, 0) is 63.2 Å². The highest BCUT2D eigenvalue weighted by Gasteiger charge is 2.28. The van der Waals surface area contributed by atoms with Gasteiger partial charge >= 0.3 is 0 Å². The number of rotatable bonds is 10. The zero-order valence-electron chi connectivity index (χ0n) is 23.8. The summed E-state index contributed by atoms with van der Waals surface area (Å²) in [5, 5.41) is 4.60. The zero-order chi connectivity index (χ0) is 29.0. The maximum Gasteiger partial charge on any atom is 0.279 e. The third-order valence-corrected chi connectivity index (χ3v) is 9.10. The fraction of sp³-hybridized carbons (Fsp3) is 0.448. The molecule has 0 saturated carbocycles. The fourth-order valence-corrected chi connectivity index (χ4v) is 6.55. The smallest absolute Gasteiger partial charge is 0.279 e. The molecule has 12 heteroatoms. The average molecular weight is 580 g/mol. The van der Waals surface area contributed by atoms with E-state index in [1.54, 1.807) is 29.1 Å². The molecular weight excluding hydrogens is 542 g/mol. The average Bonchev–Trinajstić information content (AvgIpc) is 3.14. The number of nitrogens with one attached hydrogen (secondary N) is 1. The third-order valence-electron chi connectivity index (χ3n) is 7.21. The van der Waals surface area contributed by atoms with Gasteiger partial charge in [0.05, 0.1) is 35.0 Å². The minimum absolute atomic E-state index is 0.142. The van der Waals surface area contributed by atoms with Crippen LogP contribution in [0.5, 0.6) is 5.75 Å². The number of aromatic amines is 1. The summed E-state index contributed by atoms with van der Waals surface area (Å²) in [6.45, 7) is 7.28. The molecule has 41 heavy (non-hydrogen) atoms. The molecule has 0 unspecified atom stereocenters. The van der Waals surface area contributed by atoms with Gasteiger partial charge in [0.25, 0.3) is 5.56 Å². The molecule has 5 rings (SSSR count). The van der Waals surface area contributed by atoms with Gasteiger partial charge in [-0.15, -0.1) is 0 Å². The van der Waals surface area contributed by atoms with Crippen LogP contribution in [-0.4, -0.2) is 82.2 Å². The van der Waals surface area contributed by atoms with Gasteiger partial charge in [0.15, 0.2) is 5.52 Å². The van der Waals surface area contributed by atoms with Crippen molar-refractivity contribution in [1.82, 2.24) is 33.9 Å². The molecule has 0 radical (unpaired) electrons. The van der Waals surface area contributed by atoms with Crippen LogP contribution in [0.25, 0.3) is 22.4 Å². The van der Waals surface area contributed by atoms with E-state index in [1.807, 2.05) is 32.2 Å². The Kier molecular flexibility index (Phi) is 8.81. The molecule has 0 amide bonds. The van der Waals surface area contributed by atoms with Crippen molar-refractivity contribution in [3.8, 4) is 17.1 Å². The van der Waals surface area contributed by atoms with E-state index in [1.165, 1.54) is 4.31 Å². The van der Waals surface area contributed by atoms with E-state index in [2.05, 4.69) is 26.9 Å². The Morgan fingerprint density at radius 3 is 2.63 bits per heavy atom. The molecule has 218 valence electrons. The predicted molar refractivity (Wildman–Crippen MR) is 158 cm³/mol. The first-order chi connectivity index (χ1) is 19.8. The summed E-state index contributed by atoms with van der Waals surface area (Å²) < 4.78 is 36.7. The van der Waals surface area contributed by atoms with Gasteiger partial charge in [-0.2, -0.15) is 9.40 Å². The fourth-order valence-electron chi connectivity index (χ4n) is 5.06. The SMILES string of the molecule is CCCOc1ccc(S(=O)(=O)N2CCCN(C)CC2)cc1-c1nc2c(CCC)n(Cc3ccccn3)nc2c(=O)[nH]1. The van der Waals surface area contributed by atoms with Crippen LogP contribution in [0.1, 0.15) is 44.5 Å². The molecule has 4 heterocycles. The Balaban J connectivity index is 1.62. The van der Waals surface area contributed by atoms with Gasteiger partial charge in [0, 0.05) is 25.8 Å². The van der Waals surface area contributed by atoms with Crippen LogP contribution in [0.15, 0.2) is 52.3 Å². The first-order valence-electron chi connectivity index (χ1n) is 14.2. The van der Waals surface area contributed by atoms with Crippen LogP contribution >= 0.6 is 0 Å². The van der Waals surface area contributed by atoms with Crippen LogP contribution in [0, 0.1) is 0 Å². The quantitative estimate of drug-likeness (QED) is 0.303. The summed E-state index contributed by atoms with van der Waals surface area (Å²) in [7, 11) is -1.77. The van der Waals surface area contributed by atoms with Crippen LogP contribution in [0.2, 0.25) is 0 Å². The highest BCUT2D eigenvalue weighted by atomic mass is 32.2. The molecular formula is C29H37N7O4S. The first kappa shape index (κ1) is 28.9. The number of sulfonamides is 1. The number of hydrogen-bond acceptors (Lipinski definition) is 8. The topological polar surface area (TPSA) is 126 Å². The van der Waals surface area contributed by atoms with E-state index in [4.69, 9.17) is 9.72 Å². The standard InChI is InChI=1S/C29H37N7O4S/c1-4-9-24-26-27(33-36(24)20-21-10-6-7-13-30-21)29(37)32-28(31-26)23-19-22(11-12-25(23)40-18-5-2)41(38,39)35-15-8-14-34(3)16-17-35/h6-7,10-13,19H,4-5,8-9,14-18,20H2,1-3H3,(H,31,32,37). The normalized spacial score (nSPS) is 15.3. The maximum absolute atomic E-state index is 13.7. The van der Waals surface area contributed by atoms with Crippen molar-refractivity contribution in [3.05, 3.63) is 64.3 Å². The number of H-pyrrole nitrogens is 1. The Bertz CT molecular complexity index is 1670. The lowest BCUT2D eigenvalue weighted by Gasteiger charge is -2.21. The van der Waals surface area contributed by atoms with Gasteiger partial charge in [0.2, 0.25) is 10.0 Å². The molecule has 0 aliphatic carbocycles. The molecule has 1 saturated heterocycles. The predicted octanol–water partition coefficient (Wildman–Crippen LogP) is 3.30. The molecule has 1 aromatic carbocycles. The number of hydrogen-bond donors (Lipinski definition) is 1. The highest BCUT2D eigenvalue weighted by Crippen LogP contribution is 2.32. The Morgan fingerprint density at radius 2 is 1.88 bits per heavy atom. The van der Waals surface area contributed by atoms with Crippen LogP contribution in [0.3, 0.4) is 0 Å². The first-order valence-corrected chi connectivity index (χ1v) is 15.6. The minimum Gasteiger partial charge on any atom is -0.493 e. The summed E-state index contributed by atoms with van der Waals surface area (Å²) >= 11 is 0. The largest absolute Gasteiger partial charge is 0.493 e. The van der Waals surface area contributed by atoms with Gasteiger partial charge in [0.1, 0.15) is 17.1 Å².